The predicted octanol–water partition coefficient (Wildman–Crippen LogP) is 2.45. The third-order valence-electron chi connectivity index (χ3n) is 2.94. The van der Waals surface area contributed by atoms with Gasteiger partial charge < -0.3 is 4.90 Å². The van der Waals surface area contributed by atoms with Crippen molar-refractivity contribution in [3.05, 3.63) is 9.47 Å². The van der Waals surface area contributed by atoms with Crippen LogP contribution in [0.15, 0.2) is 0 Å². The lowest BCUT2D eigenvalue weighted by atomic mass is 10.1. The van der Waals surface area contributed by atoms with Gasteiger partial charge in [0.2, 0.25) is 9.47 Å². The molecule has 88 valence electrons. The zero-order valence-electron chi connectivity index (χ0n) is 9.15. The Kier molecular flexibility index (Phi) is 3.76. The van der Waals surface area contributed by atoms with Crippen LogP contribution in [0.25, 0.3) is 0 Å². The Bertz CT molecular complexity index is 376. The largest absolute Gasteiger partial charge is 0.339 e. The van der Waals surface area contributed by atoms with Crippen LogP contribution in [-0.2, 0) is 0 Å². The summed E-state index contributed by atoms with van der Waals surface area (Å²) in [6.07, 6.45) is 5.04. The second kappa shape index (κ2) is 5.10. The Morgan fingerprint density at radius 2 is 2.19 bits per heavy atom. The SMILES string of the molecule is CN(CC1CCCC1)C(=O)c1nnc(Cl)s1. The van der Waals surface area contributed by atoms with Gasteiger partial charge in [0.25, 0.3) is 5.91 Å². The lowest BCUT2D eigenvalue weighted by Crippen LogP contribution is -2.31. The van der Waals surface area contributed by atoms with Gasteiger partial charge in [0.1, 0.15) is 0 Å². The molecule has 0 N–H and O–H groups in total. The van der Waals surface area contributed by atoms with Gasteiger partial charge in [0, 0.05) is 13.6 Å². The molecule has 1 aromatic heterocycles. The standard InChI is InChI=1S/C10H14ClN3OS/c1-14(6-7-4-2-3-5-7)9(15)8-12-13-10(11)16-8/h7H,2-6H2,1H3. The van der Waals surface area contributed by atoms with Gasteiger partial charge in [-0.3, -0.25) is 4.79 Å². The lowest BCUT2D eigenvalue weighted by Gasteiger charge is -2.19. The van der Waals surface area contributed by atoms with Gasteiger partial charge in [-0.15, -0.1) is 10.2 Å². The first kappa shape index (κ1) is 11.8. The van der Waals surface area contributed by atoms with Crippen LogP contribution in [0.5, 0.6) is 0 Å². The van der Waals surface area contributed by atoms with Crippen molar-refractivity contribution in [3.8, 4) is 0 Å². The first-order valence-corrected chi connectivity index (χ1v) is 6.60. The second-order valence-electron chi connectivity index (χ2n) is 4.20. The van der Waals surface area contributed by atoms with E-state index in [0.717, 1.165) is 17.9 Å². The van der Waals surface area contributed by atoms with E-state index in [1.54, 1.807) is 4.90 Å². The molecule has 0 aromatic carbocycles. The van der Waals surface area contributed by atoms with Crippen LogP contribution in [0.2, 0.25) is 4.47 Å². The molecule has 1 aliphatic rings. The Hall–Kier alpha value is -0.680. The monoisotopic (exact) mass is 259 g/mol. The Morgan fingerprint density at radius 3 is 2.75 bits per heavy atom. The van der Waals surface area contributed by atoms with Crippen molar-refractivity contribution in [1.82, 2.24) is 15.1 Å². The van der Waals surface area contributed by atoms with Crippen LogP contribution < -0.4 is 0 Å². The predicted molar refractivity (Wildman–Crippen MR) is 63.8 cm³/mol. The second-order valence-corrected chi connectivity index (χ2v) is 5.76. The topological polar surface area (TPSA) is 46.1 Å². The highest BCUT2D eigenvalue weighted by molar-refractivity contribution is 7.17. The van der Waals surface area contributed by atoms with E-state index in [4.69, 9.17) is 11.6 Å². The van der Waals surface area contributed by atoms with E-state index in [9.17, 15) is 4.79 Å². The Labute approximate surface area is 104 Å². The summed E-state index contributed by atoms with van der Waals surface area (Å²) in [5.41, 5.74) is 0. The normalized spacial score (nSPS) is 16.6. The van der Waals surface area contributed by atoms with E-state index in [-0.39, 0.29) is 5.91 Å². The van der Waals surface area contributed by atoms with E-state index in [2.05, 4.69) is 10.2 Å². The fourth-order valence-electron chi connectivity index (χ4n) is 2.12. The summed E-state index contributed by atoms with van der Waals surface area (Å²) >= 11 is 6.79. The summed E-state index contributed by atoms with van der Waals surface area (Å²) in [4.78, 5) is 13.6. The van der Waals surface area contributed by atoms with Crippen molar-refractivity contribution in [2.24, 2.45) is 5.92 Å². The number of carbonyl (C=O) groups is 1. The molecule has 1 amide bonds. The molecule has 16 heavy (non-hydrogen) atoms. The third kappa shape index (κ3) is 2.71. The number of hydrogen-bond donors (Lipinski definition) is 0. The highest BCUT2D eigenvalue weighted by Crippen LogP contribution is 2.26. The number of amides is 1. The fraction of sp³-hybridized carbons (Fsp3) is 0.700. The summed E-state index contributed by atoms with van der Waals surface area (Å²) in [6.45, 7) is 0.816. The van der Waals surface area contributed by atoms with Crippen molar-refractivity contribution < 1.29 is 4.79 Å². The molecule has 0 radical (unpaired) electrons. The number of hydrogen-bond acceptors (Lipinski definition) is 4. The van der Waals surface area contributed by atoms with Crippen molar-refractivity contribution in [1.29, 1.82) is 0 Å². The molecule has 1 aliphatic carbocycles. The molecule has 0 bridgehead atoms. The molecule has 0 unspecified atom stereocenters. The van der Waals surface area contributed by atoms with E-state index in [1.165, 1.54) is 25.7 Å². The maximum atomic E-state index is 11.9. The summed E-state index contributed by atoms with van der Waals surface area (Å²) in [5, 5.41) is 7.78. The zero-order chi connectivity index (χ0) is 11.5. The molecular formula is C10H14ClN3OS. The number of carbonyl (C=O) groups excluding carboxylic acids is 1. The molecule has 1 saturated carbocycles. The van der Waals surface area contributed by atoms with Crippen molar-refractivity contribution in [2.45, 2.75) is 25.7 Å². The maximum Gasteiger partial charge on any atom is 0.284 e. The molecule has 1 aromatic rings. The van der Waals surface area contributed by atoms with E-state index >= 15 is 0 Å². The van der Waals surface area contributed by atoms with E-state index < -0.39 is 0 Å². The van der Waals surface area contributed by atoms with Crippen LogP contribution in [0.1, 0.15) is 35.5 Å². The van der Waals surface area contributed by atoms with Crippen molar-refractivity contribution in [3.63, 3.8) is 0 Å². The van der Waals surface area contributed by atoms with Gasteiger partial charge in [-0.1, -0.05) is 24.2 Å². The van der Waals surface area contributed by atoms with Crippen LogP contribution >= 0.6 is 22.9 Å². The first-order chi connectivity index (χ1) is 7.66. The van der Waals surface area contributed by atoms with Gasteiger partial charge in [-0.2, -0.15) is 0 Å². The summed E-state index contributed by atoms with van der Waals surface area (Å²) in [7, 11) is 1.82. The average Bonchev–Trinajstić information content (AvgIpc) is 2.88. The smallest absolute Gasteiger partial charge is 0.284 e. The summed E-state index contributed by atoms with van der Waals surface area (Å²) in [5.74, 6) is 0.577. The van der Waals surface area contributed by atoms with Gasteiger partial charge in [0.15, 0.2) is 0 Å². The number of halogens is 1. The van der Waals surface area contributed by atoms with Crippen molar-refractivity contribution in [2.75, 3.05) is 13.6 Å². The van der Waals surface area contributed by atoms with Crippen molar-refractivity contribution >= 4 is 28.8 Å². The highest BCUT2D eigenvalue weighted by Gasteiger charge is 2.22. The van der Waals surface area contributed by atoms with Gasteiger partial charge in [0.05, 0.1) is 0 Å². The molecule has 0 saturated heterocycles. The van der Waals surface area contributed by atoms with Gasteiger partial charge in [-0.05, 0) is 30.4 Å². The molecule has 1 heterocycles. The Balaban J connectivity index is 1.93. The van der Waals surface area contributed by atoms with Crippen LogP contribution in [0.3, 0.4) is 0 Å². The van der Waals surface area contributed by atoms with Crippen LogP contribution in [-0.4, -0.2) is 34.6 Å². The summed E-state index contributed by atoms with van der Waals surface area (Å²) < 4.78 is 0.317. The zero-order valence-corrected chi connectivity index (χ0v) is 10.7. The average molecular weight is 260 g/mol. The molecule has 0 atom stereocenters. The minimum Gasteiger partial charge on any atom is -0.339 e. The molecule has 1 fully saturated rings. The third-order valence-corrected chi connectivity index (χ3v) is 3.94. The van der Waals surface area contributed by atoms with Gasteiger partial charge >= 0.3 is 0 Å². The van der Waals surface area contributed by atoms with E-state index in [1.807, 2.05) is 7.05 Å². The molecule has 4 nitrogen and oxygen atoms in total. The van der Waals surface area contributed by atoms with Gasteiger partial charge in [-0.25, -0.2) is 0 Å². The molecule has 2 rings (SSSR count). The van der Waals surface area contributed by atoms with Crippen LogP contribution in [0, 0.1) is 5.92 Å². The summed E-state index contributed by atoms with van der Waals surface area (Å²) in [6, 6.07) is 0. The minimum atomic E-state index is -0.0729. The quantitative estimate of drug-likeness (QED) is 0.838. The molecule has 0 spiro atoms. The molecular weight excluding hydrogens is 246 g/mol. The maximum absolute atomic E-state index is 11.9. The first-order valence-electron chi connectivity index (χ1n) is 5.41. The minimum absolute atomic E-state index is 0.0729. The number of nitrogens with zero attached hydrogens (tertiary/aromatic N) is 3. The van der Waals surface area contributed by atoms with Crippen LogP contribution in [0.4, 0.5) is 0 Å². The fourth-order valence-corrected chi connectivity index (χ4v) is 2.94. The Morgan fingerprint density at radius 1 is 1.50 bits per heavy atom. The van der Waals surface area contributed by atoms with E-state index in [0.29, 0.717) is 15.4 Å². The number of aromatic nitrogens is 2. The number of rotatable bonds is 3. The highest BCUT2D eigenvalue weighted by atomic mass is 35.5. The lowest BCUT2D eigenvalue weighted by molar-refractivity contribution is 0.0772. The molecule has 6 heteroatoms. The molecule has 0 aliphatic heterocycles.